The summed E-state index contributed by atoms with van der Waals surface area (Å²) < 4.78 is 73.4. The largest absolute Gasteiger partial charge is 0.421 e. The first-order valence-corrected chi connectivity index (χ1v) is 3.53. The Hall–Kier alpha value is -1.21. The van der Waals surface area contributed by atoms with Crippen molar-refractivity contribution < 1.29 is 35.9 Å². The van der Waals surface area contributed by atoms with Gasteiger partial charge in [-0.25, -0.2) is 13.6 Å². The molecule has 0 saturated carbocycles. The fraction of sp³-hybridized carbons (Fsp3) is 0.571. The maximum absolute atomic E-state index is 12.1. The molecular weight excluding hydrogens is 230 g/mol. The lowest BCUT2D eigenvalue weighted by molar-refractivity contribution is -0.169. The normalized spacial score (nSPS) is 15.3. The molecule has 0 rings (SSSR count). The lowest BCUT2D eigenvalue weighted by Gasteiger charge is -2.09. The summed E-state index contributed by atoms with van der Waals surface area (Å²) in [5.41, 5.74) is -1.01. The number of hydrogen-bond donors (Lipinski definition) is 0. The highest BCUT2D eigenvalue weighted by Gasteiger charge is 2.28. The molecule has 2 nitrogen and oxygen atoms in total. The van der Waals surface area contributed by atoms with Gasteiger partial charge in [-0.15, -0.1) is 0 Å². The van der Waals surface area contributed by atoms with Crippen LogP contribution < -0.4 is 0 Å². The molecule has 0 saturated heterocycles. The van der Waals surface area contributed by atoms with E-state index >= 15 is 0 Å². The number of carbonyl (C=O) groups is 1. The van der Waals surface area contributed by atoms with Crippen molar-refractivity contribution in [2.75, 3.05) is 0 Å². The Morgan fingerprint density at radius 3 is 2.07 bits per heavy atom. The predicted octanol–water partition coefficient (Wildman–Crippen LogP) is 2.60. The summed E-state index contributed by atoms with van der Waals surface area (Å²) in [6.45, 7) is 0.675. The Kier molecular flexibility index (Phi) is 4.63. The zero-order chi connectivity index (χ0) is 12.2. The van der Waals surface area contributed by atoms with E-state index in [1.54, 1.807) is 0 Å². The third kappa shape index (κ3) is 5.97. The molecule has 0 aliphatic rings. The number of allylic oxidation sites excluding steroid dienone is 1. The molecular formula is C7H6F6O2. The van der Waals surface area contributed by atoms with Crippen LogP contribution in [0.2, 0.25) is 0 Å². The van der Waals surface area contributed by atoms with Crippen LogP contribution >= 0.6 is 0 Å². The van der Waals surface area contributed by atoms with Gasteiger partial charge in [0.2, 0.25) is 0 Å². The first kappa shape index (κ1) is 13.8. The van der Waals surface area contributed by atoms with Crippen LogP contribution in [-0.2, 0) is 9.53 Å². The fourth-order valence-electron chi connectivity index (χ4n) is 0.551. The Morgan fingerprint density at radius 2 is 1.73 bits per heavy atom. The van der Waals surface area contributed by atoms with Gasteiger partial charge in [0.1, 0.15) is 0 Å². The van der Waals surface area contributed by atoms with E-state index in [1.807, 2.05) is 0 Å². The minimum Gasteiger partial charge on any atom is -0.421 e. The van der Waals surface area contributed by atoms with Crippen LogP contribution in [0.25, 0.3) is 0 Å². The molecule has 0 amide bonds. The van der Waals surface area contributed by atoms with Gasteiger partial charge in [0, 0.05) is 11.6 Å². The molecule has 0 fully saturated rings. The second-order valence-corrected chi connectivity index (χ2v) is 2.46. The fourth-order valence-corrected chi connectivity index (χ4v) is 0.551. The molecule has 1 atom stereocenters. The van der Waals surface area contributed by atoms with Crippen molar-refractivity contribution >= 4 is 5.97 Å². The van der Waals surface area contributed by atoms with Crippen LogP contribution in [-0.4, -0.2) is 24.9 Å². The molecule has 88 valence electrons. The van der Waals surface area contributed by atoms with Crippen LogP contribution in [0.1, 0.15) is 6.92 Å². The van der Waals surface area contributed by atoms with Crippen LogP contribution in [0.3, 0.4) is 0 Å². The van der Waals surface area contributed by atoms with E-state index in [0.717, 1.165) is 0 Å². The molecule has 1 unspecified atom stereocenters. The Bertz CT molecular complexity index is 257. The molecule has 0 aliphatic heterocycles. The summed E-state index contributed by atoms with van der Waals surface area (Å²) in [6, 6.07) is 0. The number of hydrogen-bond acceptors (Lipinski definition) is 2. The van der Waals surface area contributed by atoms with Gasteiger partial charge in [-0.3, -0.25) is 0 Å². The predicted molar refractivity (Wildman–Crippen MR) is 36.8 cm³/mol. The van der Waals surface area contributed by atoms with Gasteiger partial charge < -0.3 is 4.74 Å². The van der Waals surface area contributed by atoms with Crippen LogP contribution in [0, 0.1) is 0 Å². The molecule has 0 aromatic carbocycles. The van der Waals surface area contributed by atoms with E-state index in [-0.39, 0.29) is 0 Å². The van der Waals surface area contributed by atoms with Gasteiger partial charge in [-0.2, -0.15) is 17.6 Å². The Morgan fingerprint density at radius 1 is 1.27 bits per heavy atom. The lowest BCUT2D eigenvalue weighted by Crippen LogP contribution is -2.22. The SMILES string of the molecule is CC(=CC(F)(F)F)C(=O)OC(F)C(F)F. The van der Waals surface area contributed by atoms with Crippen molar-refractivity contribution in [3.05, 3.63) is 11.6 Å². The average Bonchev–Trinajstić information content (AvgIpc) is 2.00. The van der Waals surface area contributed by atoms with Crippen LogP contribution in [0.15, 0.2) is 11.6 Å². The molecule has 0 spiro atoms. The van der Waals surface area contributed by atoms with Gasteiger partial charge in [-0.1, -0.05) is 0 Å². The maximum atomic E-state index is 12.1. The zero-order valence-corrected chi connectivity index (χ0v) is 7.32. The van der Waals surface area contributed by atoms with Crippen LogP contribution in [0.4, 0.5) is 26.3 Å². The monoisotopic (exact) mass is 236 g/mol. The number of rotatable bonds is 3. The first-order chi connectivity index (χ1) is 6.63. The molecule has 0 aromatic rings. The summed E-state index contributed by atoms with van der Waals surface area (Å²) >= 11 is 0. The minimum absolute atomic E-state index is 0.465. The lowest BCUT2D eigenvalue weighted by atomic mass is 10.3. The molecule has 0 bridgehead atoms. The van der Waals surface area contributed by atoms with Crippen LogP contribution in [0.5, 0.6) is 0 Å². The summed E-state index contributed by atoms with van der Waals surface area (Å²) in [5, 5.41) is 0. The molecule has 0 aliphatic carbocycles. The summed E-state index contributed by atoms with van der Waals surface area (Å²) in [6.07, 6.45) is -12.1. The van der Waals surface area contributed by atoms with E-state index in [1.165, 1.54) is 0 Å². The standard InChI is InChI=1S/C7H6F6O2/c1-3(2-7(11,12)13)6(14)15-5(10)4(8)9/h2,4-5H,1H3. The van der Waals surface area contributed by atoms with E-state index < -0.39 is 36.6 Å². The van der Waals surface area contributed by atoms with Gasteiger partial charge >= 0.3 is 24.9 Å². The quantitative estimate of drug-likeness (QED) is 0.427. The summed E-state index contributed by atoms with van der Waals surface area (Å²) in [5.74, 6) is -1.78. The molecule has 0 heterocycles. The topological polar surface area (TPSA) is 26.3 Å². The second kappa shape index (κ2) is 5.04. The van der Waals surface area contributed by atoms with E-state index in [2.05, 4.69) is 4.74 Å². The minimum atomic E-state index is -4.79. The number of carbonyl (C=O) groups excluding carboxylic acids is 1. The summed E-state index contributed by atoms with van der Waals surface area (Å²) in [4.78, 5) is 10.6. The van der Waals surface area contributed by atoms with Gasteiger partial charge in [0.05, 0.1) is 0 Å². The molecule has 0 aromatic heterocycles. The second-order valence-electron chi connectivity index (χ2n) is 2.46. The molecule has 8 heteroatoms. The number of alkyl halides is 6. The molecule has 15 heavy (non-hydrogen) atoms. The van der Waals surface area contributed by atoms with Crippen molar-refractivity contribution in [2.45, 2.75) is 25.9 Å². The van der Waals surface area contributed by atoms with Crippen molar-refractivity contribution in [3.63, 3.8) is 0 Å². The number of esters is 1. The van der Waals surface area contributed by atoms with E-state index in [0.29, 0.717) is 6.92 Å². The maximum Gasteiger partial charge on any atom is 0.410 e. The van der Waals surface area contributed by atoms with Crippen molar-refractivity contribution in [3.8, 4) is 0 Å². The zero-order valence-electron chi connectivity index (χ0n) is 7.32. The third-order valence-corrected chi connectivity index (χ3v) is 1.12. The van der Waals surface area contributed by atoms with Gasteiger partial charge in [-0.05, 0) is 6.92 Å². The van der Waals surface area contributed by atoms with E-state index in [9.17, 15) is 31.1 Å². The third-order valence-electron chi connectivity index (χ3n) is 1.12. The van der Waals surface area contributed by atoms with Crippen molar-refractivity contribution in [1.29, 1.82) is 0 Å². The first-order valence-electron chi connectivity index (χ1n) is 3.53. The molecule has 0 radical (unpaired) electrons. The van der Waals surface area contributed by atoms with Crippen molar-refractivity contribution in [2.24, 2.45) is 0 Å². The highest BCUT2D eigenvalue weighted by molar-refractivity contribution is 5.87. The number of ether oxygens (including phenoxy) is 1. The Labute approximate surface area is 80.5 Å². The highest BCUT2D eigenvalue weighted by Crippen LogP contribution is 2.19. The van der Waals surface area contributed by atoms with Crippen molar-refractivity contribution in [1.82, 2.24) is 0 Å². The van der Waals surface area contributed by atoms with Gasteiger partial charge in [0.15, 0.2) is 0 Å². The average molecular weight is 236 g/mol. The number of halogens is 6. The highest BCUT2D eigenvalue weighted by atomic mass is 19.4. The summed E-state index contributed by atoms with van der Waals surface area (Å²) in [7, 11) is 0. The smallest absolute Gasteiger partial charge is 0.410 e. The Balaban J connectivity index is 4.41. The van der Waals surface area contributed by atoms with Gasteiger partial charge in [0.25, 0.3) is 0 Å². The van der Waals surface area contributed by atoms with E-state index in [4.69, 9.17) is 0 Å². The molecule has 0 N–H and O–H groups in total.